The third kappa shape index (κ3) is 2.31. The fraction of sp³-hybridized carbons (Fsp3) is 0.556. The normalized spacial score (nSPS) is 18.9. The summed E-state index contributed by atoms with van der Waals surface area (Å²) in [5, 5.41) is 2.11. The van der Waals surface area contributed by atoms with Crippen LogP contribution in [0.15, 0.2) is 15.9 Å². The molecule has 2 nitrogen and oxygen atoms in total. The average Bonchev–Trinajstić information content (AvgIpc) is 2.88. The minimum Gasteiger partial charge on any atom is -0.271 e. The molecule has 4 heteroatoms. The highest BCUT2D eigenvalue weighted by Crippen LogP contribution is 2.35. The maximum absolute atomic E-state index is 5.52. The van der Waals surface area contributed by atoms with Crippen molar-refractivity contribution in [3.63, 3.8) is 0 Å². The molecule has 1 heterocycles. The standard InChI is InChI=1S/C9H13BrN2S/c10-7-3-4-13-9(7)5-8(12-11)6-1-2-6/h3-4,6,8,12H,1-2,5,11H2. The lowest BCUT2D eigenvalue weighted by atomic mass is 10.1. The fourth-order valence-electron chi connectivity index (χ4n) is 1.53. The van der Waals surface area contributed by atoms with Crippen molar-refractivity contribution in [2.75, 3.05) is 0 Å². The molecule has 0 radical (unpaired) electrons. The molecule has 0 spiro atoms. The van der Waals surface area contributed by atoms with Crippen molar-refractivity contribution >= 4 is 27.3 Å². The number of hydrazine groups is 1. The molecule has 3 N–H and O–H groups in total. The number of nitrogens with two attached hydrogens (primary N) is 1. The van der Waals surface area contributed by atoms with Crippen molar-refractivity contribution in [3.05, 3.63) is 20.8 Å². The number of rotatable bonds is 4. The predicted molar refractivity (Wildman–Crippen MR) is 59.6 cm³/mol. The second-order valence-electron chi connectivity index (χ2n) is 3.51. The van der Waals surface area contributed by atoms with E-state index in [9.17, 15) is 0 Å². The topological polar surface area (TPSA) is 38.0 Å². The summed E-state index contributed by atoms with van der Waals surface area (Å²) in [4.78, 5) is 1.40. The van der Waals surface area contributed by atoms with Gasteiger partial charge in [-0.25, -0.2) is 0 Å². The Balaban J connectivity index is 1.99. The molecular weight excluding hydrogens is 248 g/mol. The average molecular weight is 261 g/mol. The largest absolute Gasteiger partial charge is 0.271 e. The van der Waals surface area contributed by atoms with Gasteiger partial charge < -0.3 is 0 Å². The van der Waals surface area contributed by atoms with Crippen LogP contribution < -0.4 is 11.3 Å². The van der Waals surface area contributed by atoms with E-state index < -0.39 is 0 Å². The number of hydrogen-bond acceptors (Lipinski definition) is 3. The lowest BCUT2D eigenvalue weighted by molar-refractivity contribution is 0.474. The maximum atomic E-state index is 5.52. The van der Waals surface area contributed by atoms with Gasteiger partial charge in [0, 0.05) is 15.4 Å². The first-order chi connectivity index (χ1) is 6.31. The molecule has 1 aliphatic rings. The van der Waals surface area contributed by atoms with Crippen molar-refractivity contribution in [1.29, 1.82) is 0 Å². The second-order valence-corrected chi connectivity index (χ2v) is 5.36. The van der Waals surface area contributed by atoms with E-state index in [2.05, 4.69) is 32.8 Å². The van der Waals surface area contributed by atoms with Gasteiger partial charge in [0.25, 0.3) is 0 Å². The van der Waals surface area contributed by atoms with Crippen LogP contribution in [0.3, 0.4) is 0 Å². The summed E-state index contributed by atoms with van der Waals surface area (Å²) in [6.07, 6.45) is 3.72. The van der Waals surface area contributed by atoms with Crippen molar-refractivity contribution in [1.82, 2.24) is 5.43 Å². The summed E-state index contributed by atoms with van der Waals surface area (Å²) in [7, 11) is 0. The van der Waals surface area contributed by atoms with Crippen LogP contribution in [0.1, 0.15) is 17.7 Å². The molecule has 1 aromatic heterocycles. The van der Waals surface area contributed by atoms with Gasteiger partial charge in [-0.05, 0) is 52.6 Å². The molecule has 1 aromatic rings. The highest BCUT2D eigenvalue weighted by atomic mass is 79.9. The molecule has 0 aromatic carbocycles. The van der Waals surface area contributed by atoms with E-state index in [-0.39, 0.29) is 0 Å². The van der Waals surface area contributed by atoms with Crippen molar-refractivity contribution in [2.45, 2.75) is 25.3 Å². The van der Waals surface area contributed by atoms with Crippen LogP contribution in [-0.4, -0.2) is 6.04 Å². The smallest absolute Gasteiger partial charge is 0.0314 e. The van der Waals surface area contributed by atoms with E-state index in [1.807, 2.05) is 0 Å². The molecule has 2 rings (SSSR count). The monoisotopic (exact) mass is 260 g/mol. The molecule has 0 amide bonds. The summed E-state index contributed by atoms with van der Waals surface area (Å²) >= 11 is 5.33. The van der Waals surface area contributed by atoms with Gasteiger partial charge in [0.15, 0.2) is 0 Å². The third-order valence-corrected chi connectivity index (χ3v) is 4.45. The molecule has 0 saturated heterocycles. The Bertz CT molecular complexity index is 283. The first-order valence-electron chi connectivity index (χ1n) is 4.49. The molecular formula is C9H13BrN2S. The van der Waals surface area contributed by atoms with E-state index in [4.69, 9.17) is 5.84 Å². The highest BCUT2D eigenvalue weighted by molar-refractivity contribution is 9.10. The molecule has 1 fully saturated rings. The SMILES string of the molecule is NNC(Cc1sccc1Br)C1CC1. The minimum atomic E-state index is 0.468. The van der Waals surface area contributed by atoms with Gasteiger partial charge in [-0.3, -0.25) is 11.3 Å². The van der Waals surface area contributed by atoms with Crippen LogP contribution in [-0.2, 0) is 6.42 Å². The van der Waals surface area contributed by atoms with Gasteiger partial charge in [0.05, 0.1) is 0 Å². The van der Waals surface area contributed by atoms with Crippen molar-refractivity contribution in [3.8, 4) is 0 Å². The number of thiophene rings is 1. The third-order valence-electron chi connectivity index (χ3n) is 2.50. The van der Waals surface area contributed by atoms with Crippen LogP contribution in [0.4, 0.5) is 0 Å². The fourth-order valence-corrected chi connectivity index (χ4v) is 3.10. The first-order valence-corrected chi connectivity index (χ1v) is 6.16. The van der Waals surface area contributed by atoms with E-state index in [0.717, 1.165) is 12.3 Å². The zero-order chi connectivity index (χ0) is 9.26. The number of hydrogen-bond donors (Lipinski definition) is 2. The lowest BCUT2D eigenvalue weighted by Crippen LogP contribution is -2.38. The summed E-state index contributed by atoms with van der Waals surface area (Å²) in [5.41, 5.74) is 2.92. The Morgan fingerprint density at radius 3 is 2.92 bits per heavy atom. The zero-order valence-corrected chi connectivity index (χ0v) is 9.70. The molecule has 1 saturated carbocycles. The molecule has 0 aliphatic heterocycles. The molecule has 1 atom stereocenters. The maximum Gasteiger partial charge on any atom is 0.0314 e. The van der Waals surface area contributed by atoms with Gasteiger partial charge in [0.1, 0.15) is 0 Å². The molecule has 13 heavy (non-hydrogen) atoms. The Morgan fingerprint density at radius 1 is 1.69 bits per heavy atom. The van der Waals surface area contributed by atoms with Crippen molar-refractivity contribution in [2.24, 2.45) is 11.8 Å². The second kappa shape index (κ2) is 4.09. The summed E-state index contributed by atoms with van der Waals surface area (Å²) < 4.78 is 1.22. The summed E-state index contributed by atoms with van der Waals surface area (Å²) in [6, 6.07) is 2.57. The Morgan fingerprint density at radius 2 is 2.46 bits per heavy atom. The summed E-state index contributed by atoms with van der Waals surface area (Å²) in [6.45, 7) is 0. The van der Waals surface area contributed by atoms with E-state index >= 15 is 0 Å². The Hall–Kier alpha value is 0.100. The Kier molecular flexibility index (Phi) is 3.03. The van der Waals surface area contributed by atoms with E-state index in [1.165, 1.54) is 22.2 Å². The Labute approximate surface area is 90.6 Å². The van der Waals surface area contributed by atoms with Crippen LogP contribution in [0, 0.1) is 5.92 Å². The van der Waals surface area contributed by atoms with Crippen LogP contribution >= 0.6 is 27.3 Å². The highest BCUT2D eigenvalue weighted by Gasteiger charge is 2.30. The van der Waals surface area contributed by atoms with Crippen LogP contribution in [0.5, 0.6) is 0 Å². The quantitative estimate of drug-likeness (QED) is 0.644. The number of halogens is 1. The molecule has 1 aliphatic carbocycles. The van der Waals surface area contributed by atoms with Crippen molar-refractivity contribution < 1.29 is 0 Å². The van der Waals surface area contributed by atoms with Gasteiger partial charge in [0.2, 0.25) is 0 Å². The van der Waals surface area contributed by atoms with Crippen LogP contribution in [0.2, 0.25) is 0 Å². The van der Waals surface area contributed by atoms with E-state index in [0.29, 0.717) is 6.04 Å². The van der Waals surface area contributed by atoms with Crippen LogP contribution in [0.25, 0.3) is 0 Å². The van der Waals surface area contributed by atoms with Gasteiger partial charge in [-0.15, -0.1) is 11.3 Å². The van der Waals surface area contributed by atoms with E-state index in [1.54, 1.807) is 11.3 Å². The molecule has 0 bridgehead atoms. The molecule has 1 unspecified atom stereocenters. The van der Waals surface area contributed by atoms with Gasteiger partial charge in [-0.2, -0.15) is 0 Å². The first kappa shape index (κ1) is 9.65. The number of nitrogens with one attached hydrogen (secondary N) is 1. The zero-order valence-electron chi connectivity index (χ0n) is 7.29. The molecule has 72 valence electrons. The predicted octanol–water partition coefficient (Wildman–Crippen LogP) is 2.29. The van der Waals surface area contributed by atoms with Gasteiger partial charge in [-0.1, -0.05) is 0 Å². The minimum absolute atomic E-state index is 0.468. The van der Waals surface area contributed by atoms with Gasteiger partial charge >= 0.3 is 0 Å². The summed E-state index contributed by atoms with van der Waals surface area (Å²) in [5.74, 6) is 6.32. The lowest BCUT2D eigenvalue weighted by Gasteiger charge is -2.13.